The number of rotatable bonds is 5. The molecule has 132 valence electrons. The number of anilines is 4. The molecule has 1 aliphatic rings. The maximum atomic E-state index is 11.3. The van der Waals surface area contributed by atoms with Crippen molar-refractivity contribution < 1.29 is 9.90 Å². The highest BCUT2D eigenvalue weighted by Gasteiger charge is 2.17. The van der Waals surface area contributed by atoms with E-state index in [0.717, 1.165) is 37.3 Å². The lowest BCUT2D eigenvalue weighted by Gasteiger charge is -2.31. The summed E-state index contributed by atoms with van der Waals surface area (Å²) in [6.07, 6.45) is 2.79. The zero-order chi connectivity index (χ0) is 17.8. The van der Waals surface area contributed by atoms with E-state index in [4.69, 9.17) is 17.5 Å². The van der Waals surface area contributed by atoms with Crippen LogP contribution in [-0.4, -0.2) is 35.2 Å². The van der Waals surface area contributed by atoms with Gasteiger partial charge in [0, 0.05) is 48.5 Å². The molecular formula is C17H20ClN5O2. The molecule has 0 radical (unpaired) electrons. The van der Waals surface area contributed by atoms with Crippen molar-refractivity contribution in [3.8, 4) is 0 Å². The van der Waals surface area contributed by atoms with Crippen LogP contribution in [0.2, 0.25) is 0 Å². The largest absolute Gasteiger partial charge is 0.393 e. The monoisotopic (exact) mass is 361 g/mol. The van der Waals surface area contributed by atoms with Gasteiger partial charge in [0.1, 0.15) is 5.82 Å². The van der Waals surface area contributed by atoms with Crippen molar-refractivity contribution in [3.05, 3.63) is 42.1 Å². The van der Waals surface area contributed by atoms with E-state index in [1.54, 1.807) is 6.07 Å². The number of aromatic nitrogens is 1. The number of piperidine rings is 1. The molecule has 8 heteroatoms. The van der Waals surface area contributed by atoms with Gasteiger partial charge in [0.2, 0.25) is 0 Å². The molecule has 0 bridgehead atoms. The standard InChI is InChI=1S/C17H20ClN5O2/c18-22-15-9-16(20-10-14(15)17(19)25)21-11-1-3-12(4-2-11)23-7-5-13(24)6-8-23/h1-4,9-10,13,24H,5-8H2,(H2,19,25)(H2,20,21,22). The second-order valence-electron chi connectivity index (χ2n) is 5.96. The summed E-state index contributed by atoms with van der Waals surface area (Å²) in [6.45, 7) is 1.71. The molecule has 25 heavy (non-hydrogen) atoms. The number of primary amides is 1. The number of aliphatic hydroxyl groups is 1. The van der Waals surface area contributed by atoms with E-state index in [1.807, 2.05) is 24.3 Å². The third kappa shape index (κ3) is 4.12. The van der Waals surface area contributed by atoms with Crippen LogP contribution >= 0.6 is 11.8 Å². The van der Waals surface area contributed by atoms with E-state index < -0.39 is 5.91 Å². The fourth-order valence-electron chi connectivity index (χ4n) is 2.83. The normalized spacial score (nSPS) is 15.0. The second-order valence-corrected chi connectivity index (χ2v) is 6.15. The predicted molar refractivity (Wildman–Crippen MR) is 99.4 cm³/mol. The first kappa shape index (κ1) is 17.3. The Morgan fingerprint density at radius 1 is 1.28 bits per heavy atom. The molecule has 0 atom stereocenters. The number of carbonyl (C=O) groups excluding carboxylic acids is 1. The van der Waals surface area contributed by atoms with Crippen LogP contribution in [-0.2, 0) is 0 Å². The van der Waals surface area contributed by atoms with E-state index >= 15 is 0 Å². The number of nitrogens with one attached hydrogen (secondary N) is 2. The summed E-state index contributed by atoms with van der Waals surface area (Å²) >= 11 is 5.63. The first-order valence-electron chi connectivity index (χ1n) is 8.03. The van der Waals surface area contributed by atoms with Gasteiger partial charge in [-0.1, -0.05) is 0 Å². The molecule has 0 unspecified atom stereocenters. The number of hydrogen-bond acceptors (Lipinski definition) is 6. The van der Waals surface area contributed by atoms with Crippen LogP contribution in [0.25, 0.3) is 0 Å². The number of hydrogen-bond donors (Lipinski definition) is 4. The molecule has 1 fully saturated rings. The molecule has 0 aliphatic carbocycles. The average molecular weight is 362 g/mol. The Kier molecular flexibility index (Phi) is 5.25. The van der Waals surface area contributed by atoms with Gasteiger partial charge in [-0.15, -0.1) is 0 Å². The van der Waals surface area contributed by atoms with Crippen molar-refractivity contribution in [3.63, 3.8) is 0 Å². The molecule has 0 saturated carbocycles. The highest BCUT2D eigenvalue weighted by Crippen LogP contribution is 2.25. The van der Waals surface area contributed by atoms with Crippen molar-refractivity contribution >= 4 is 40.6 Å². The van der Waals surface area contributed by atoms with E-state index in [1.165, 1.54) is 6.20 Å². The summed E-state index contributed by atoms with van der Waals surface area (Å²) in [5.74, 6) is -0.0554. The lowest BCUT2D eigenvalue weighted by molar-refractivity contribution is 0.100. The predicted octanol–water partition coefficient (Wildman–Crippen LogP) is 2.45. The van der Waals surface area contributed by atoms with E-state index in [2.05, 4.69) is 20.0 Å². The fraction of sp³-hybridized carbons (Fsp3) is 0.294. The maximum Gasteiger partial charge on any atom is 0.252 e. The molecular weight excluding hydrogens is 342 g/mol. The lowest BCUT2D eigenvalue weighted by Crippen LogP contribution is -2.35. The van der Waals surface area contributed by atoms with Crippen LogP contribution in [0.3, 0.4) is 0 Å². The van der Waals surface area contributed by atoms with Gasteiger partial charge in [-0.05, 0) is 37.1 Å². The van der Waals surface area contributed by atoms with Gasteiger partial charge in [0.05, 0.1) is 17.4 Å². The summed E-state index contributed by atoms with van der Waals surface area (Å²) < 4.78 is 0. The zero-order valence-corrected chi connectivity index (χ0v) is 14.3. The van der Waals surface area contributed by atoms with Gasteiger partial charge >= 0.3 is 0 Å². The van der Waals surface area contributed by atoms with Crippen molar-refractivity contribution in [2.75, 3.05) is 28.1 Å². The highest BCUT2D eigenvalue weighted by atomic mass is 35.5. The topological polar surface area (TPSA) is 104 Å². The van der Waals surface area contributed by atoms with Gasteiger partial charge in [0.25, 0.3) is 5.91 Å². The third-order valence-corrected chi connectivity index (χ3v) is 4.44. The Morgan fingerprint density at radius 3 is 2.56 bits per heavy atom. The van der Waals surface area contributed by atoms with E-state index in [-0.39, 0.29) is 11.7 Å². The number of nitrogens with two attached hydrogens (primary N) is 1. The molecule has 3 rings (SSSR count). The molecule has 0 spiro atoms. The third-order valence-electron chi connectivity index (χ3n) is 4.24. The number of carbonyl (C=O) groups is 1. The van der Waals surface area contributed by atoms with Gasteiger partial charge in [-0.2, -0.15) is 0 Å². The van der Waals surface area contributed by atoms with Crippen LogP contribution in [0, 0.1) is 0 Å². The zero-order valence-electron chi connectivity index (χ0n) is 13.6. The van der Waals surface area contributed by atoms with Crippen molar-refractivity contribution in [1.82, 2.24) is 4.98 Å². The molecule has 1 aliphatic heterocycles. The maximum absolute atomic E-state index is 11.3. The first-order chi connectivity index (χ1) is 12.1. The number of aliphatic hydroxyl groups excluding tert-OH is 1. The Labute approximate surface area is 150 Å². The Bertz CT molecular complexity index is 745. The van der Waals surface area contributed by atoms with E-state index in [0.29, 0.717) is 11.5 Å². The number of benzene rings is 1. The fourth-order valence-corrected chi connectivity index (χ4v) is 2.98. The van der Waals surface area contributed by atoms with Crippen LogP contribution < -0.4 is 20.8 Å². The van der Waals surface area contributed by atoms with Gasteiger partial charge in [0.15, 0.2) is 0 Å². The number of nitrogens with zero attached hydrogens (tertiary/aromatic N) is 2. The van der Waals surface area contributed by atoms with Crippen LogP contribution in [0.1, 0.15) is 23.2 Å². The van der Waals surface area contributed by atoms with Crippen LogP contribution in [0.4, 0.5) is 22.9 Å². The summed E-state index contributed by atoms with van der Waals surface area (Å²) in [7, 11) is 0. The summed E-state index contributed by atoms with van der Waals surface area (Å²) in [5, 5.41) is 12.8. The molecule has 2 aromatic rings. The number of pyridine rings is 1. The smallest absolute Gasteiger partial charge is 0.252 e. The molecule has 1 amide bonds. The minimum atomic E-state index is -0.599. The quantitative estimate of drug-likeness (QED) is 0.610. The van der Waals surface area contributed by atoms with Crippen LogP contribution in [0.5, 0.6) is 0 Å². The molecule has 2 heterocycles. The Balaban J connectivity index is 1.70. The van der Waals surface area contributed by atoms with E-state index in [9.17, 15) is 9.90 Å². The second kappa shape index (κ2) is 7.58. The minimum absolute atomic E-state index is 0.184. The summed E-state index contributed by atoms with van der Waals surface area (Å²) in [5.41, 5.74) is 7.88. The minimum Gasteiger partial charge on any atom is -0.393 e. The summed E-state index contributed by atoms with van der Waals surface area (Å²) in [4.78, 5) is 20.2. The SMILES string of the molecule is NC(=O)c1cnc(Nc2ccc(N3CCC(O)CC3)cc2)cc1NCl. The molecule has 5 N–H and O–H groups in total. The molecule has 7 nitrogen and oxygen atoms in total. The number of halogens is 1. The van der Waals surface area contributed by atoms with Crippen LogP contribution in [0.15, 0.2) is 36.5 Å². The summed E-state index contributed by atoms with van der Waals surface area (Å²) in [6, 6.07) is 9.58. The first-order valence-corrected chi connectivity index (χ1v) is 8.41. The van der Waals surface area contributed by atoms with Gasteiger partial charge in [-0.25, -0.2) is 4.98 Å². The van der Waals surface area contributed by atoms with Crippen molar-refractivity contribution in [2.45, 2.75) is 18.9 Å². The van der Waals surface area contributed by atoms with Crippen molar-refractivity contribution in [2.24, 2.45) is 5.73 Å². The van der Waals surface area contributed by atoms with Crippen molar-refractivity contribution in [1.29, 1.82) is 0 Å². The molecule has 1 aromatic heterocycles. The Hall–Kier alpha value is -2.51. The Morgan fingerprint density at radius 2 is 1.96 bits per heavy atom. The number of amides is 1. The van der Waals surface area contributed by atoms with Gasteiger partial charge in [-0.3, -0.25) is 9.63 Å². The van der Waals surface area contributed by atoms with Gasteiger partial charge < -0.3 is 21.1 Å². The highest BCUT2D eigenvalue weighted by molar-refractivity contribution is 6.25. The molecule has 1 saturated heterocycles. The average Bonchev–Trinajstić information content (AvgIpc) is 2.63. The lowest BCUT2D eigenvalue weighted by atomic mass is 10.1. The molecule has 1 aromatic carbocycles.